The van der Waals surface area contributed by atoms with Crippen molar-refractivity contribution < 1.29 is 0 Å². The maximum absolute atomic E-state index is 3.41. The predicted molar refractivity (Wildman–Crippen MR) is 60.5 cm³/mol. The van der Waals surface area contributed by atoms with Crippen LogP contribution in [0.1, 0.15) is 39.0 Å². The lowest BCUT2D eigenvalue weighted by molar-refractivity contribution is 0.135. The second-order valence-corrected chi connectivity index (χ2v) is 5.13. The molecule has 0 aromatic rings. The van der Waals surface area contributed by atoms with Gasteiger partial charge >= 0.3 is 0 Å². The van der Waals surface area contributed by atoms with Crippen LogP contribution in [-0.2, 0) is 0 Å². The van der Waals surface area contributed by atoms with Gasteiger partial charge in [-0.25, -0.2) is 0 Å². The Hall–Kier alpha value is -0.0800. The van der Waals surface area contributed by atoms with Crippen molar-refractivity contribution in [2.24, 2.45) is 5.92 Å². The minimum absolute atomic E-state index is 0.766. The Kier molecular flexibility index (Phi) is 3.45. The lowest BCUT2D eigenvalue weighted by Gasteiger charge is -2.37. The average Bonchev–Trinajstić information content (AvgIpc) is 2.99. The number of hydrogen-bond donors (Lipinski definition) is 1. The third kappa shape index (κ3) is 2.71. The molecule has 2 aliphatic rings. The van der Waals surface area contributed by atoms with E-state index in [4.69, 9.17) is 0 Å². The van der Waals surface area contributed by atoms with Gasteiger partial charge in [0.1, 0.15) is 0 Å². The van der Waals surface area contributed by atoms with Crippen LogP contribution in [0.5, 0.6) is 0 Å². The molecule has 2 nitrogen and oxygen atoms in total. The number of nitrogens with one attached hydrogen (secondary N) is 1. The van der Waals surface area contributed by atoms with Crippen molar-refractivity contribution in [3.8, 4) is 0 Å². The van der Waals surface area contributed by atoms with E-state index in [0.717, 1.165) is 18.0 Å². The molecule has 1 saturated carbocycles. The van der Waals surface area contributed by atoms with Crippen LogP contribution in [-0.4, -0.2) is 37.1 Å². The summed E-state index contributed by atoms with van der Waals surface area (Å²) in [6, 6.07) is 1.56. The minimum Gasteiger partial charge on any atom is -0.317 e. The molecule has 1 aliphatic heterocycles. The minimum atomic E-state index is 0.766. The van der Waals surface area contributed by atoms with Crippen LogP contribution in [0.3, 0.4) is 0 Å². The lowest BCUT2D eigenvalue weighted by Crippen LogP contribution is -2.46. The molecule has 14 heavy (non-hydrogen) atoms. The topological polar surface area (TPSA) is 15.3 Å². The first-order valence-electron chi connectivity index (χ1n) is 6.21. The number of hydrogen-bond acceptors (Lipinski definition) is 2. The monoisotopic (exact) mass is 196 g/mol. The van der Waals surface area contributed by atoms with Gasteiger partial charge in [-0.05, 0) is 52.2 Å². The fraction of sp³-hybridized carbons (Fsp3) is 1.00. The van der Waals surface area contributed by atoms with E-state index in [2.05, 4.69) is 24.2 Å². The normalized spacial score (nSPS) is 34.7. The molecule has 1 saturated heterocycles. The van der Waals surface area contributed by atoms with Crippen molar-refractivity contribution in [3.05, 3.63) is 0 Å². The van der Waals surface area contributed by atoms with Crippen LogP contribution in [0.2, 0.25) is 0 Å². The highest BCUT2D eigenvalue weighted by molar-refractivity contribution is 4.83. The number of nitrogens with zero attached hydrogens (tertiary/aromatic N) is 1. The Bertz CT molecular complexity index is 177. The molecule has 1 aliphatic carbocycles. The molecule has 1 N–H and O–H groups in total. The number of rotatable bonds is 4. The molecule has 0 aromatic carbocycles. The Labute approximate surface area is 88.1 Å². The molecule has 2 fully saturated rings. The first kappa shape index (κ1) is 10.4. The van der Waals surface area contributed by atoms with Crippen LogP contribution < -0.4 is 5.32 Å². The smallest absolute Gasteiger partial charge is 0.00910 e. The second kappa shape index (κ2) is 4.63. The third-order valence-corrected chi connectivity index (χ3v) is 3.94. The van der Waals surface area contributed by atoms with Gasteiger partial charge in [0.25, 0.3) is 0 Å². The molecular formula is C12H24N2. The molecule has 2 atom stereocenters. The van der Waals surface area contributed by atoms with Crippen molar-refractivity contribution in [1.82, 2.24) is 10.2 Å². The number of likely N-dealkylation sites (tertiary alicyclic amines) is 1. The molecular weight excluding hydrogens is 172 g/mol. The zero-order chi connectivity index (χ0) is 9.97. The van der Waals surface area contributed by atoms with Gasteiger partial charge in [-0.2, -0.15) is 0 Å². The van der Waals surface area contributed by atoms with Crippen LogP contribution in [0.4, 0.5) is 0 Å². The standard InChI is InChI=1S/C12H24N2/c1-10-9-12(13-2)6-8-14(10)7-5-11-3-4-11/h10-13H,3-9H2,1-2H3. The summed E-state index contributed by atoms with van der Waals surface area (Å²) >= 11 is 0. The molecule has 0 aromatic heterocycles. The van der Waals surface area contributed by atoms with Crippen LogP contribution >= 0.6 is 0 Å². The van der Waals surface area contributed by atoms with E-state index in [-0.39, 0.29) is 0 Å². The molecule has 0 bridgehead atoms. The summed E-state index contributed by atoms with van der Waals surface area (Å²) in [5.74, 6) is 1.09. The molecule has 0 spiro atoms. The summed E-state index contributed by atoms with van der Waals surface area (Å²) in [7, 11) is 2.09. The van der Waals surface area contributed by atoms with E-state index in [1.165, 1.54) is 45.2 Å². The summed E-state index contributed by atoms with van der Waals surface area (Å²) in [4.78, 5) is 2.69. The van der Waals surface area contributed by atoms with Crippen molar-refractivity contribution in [2.45, 2.75) is 51.1 Å². The zero-order valence-corrected chi connectivity index (χ0v) is 9.63. The Morgan fingerprint density at radius 2 is 2.07 bits per heavy atom. The van der Waals surface area contributed by atoms with Gasteiger partial charge in [0.2, 0.25) is 0 Å². The Balaban J connectivity index is 1.70. The molecule has 0 amide bonds. The van der Waals surface area contributed by atoms with E-state index in [1.807, 2.05) is 0 Å². The largest absolute Gasteiger partial charge is 0.317 e. The first-order chi connectivity index (χ1) is 6.79. The van der Waals surface area contributed by atoms with Gasteiger partial charge in [0.15, 0.2) is 0 Å². The van der Waals surface area contributed by atoms with Gasteiger partial charge in [-0.3, -0.25) is 0 Å². The predicted octanol–water partition coefficient (Wildman–Crippen LogP) is 1.86. The second-order valence-electron chi connectivity index (χ2n) is 5.13. The van der Waals surface area contributed by atoms with E-state index in [0.29, 0.717) is 0 Å². The maximum atomic E-state index is 3.41. The third-order valence-electron chi connectivity index (χ3n) is 3.94. The van der Waals surface area contributed by atoms with Gasteiger partial charge in [0, 0.05) is 12.1 Å². The van der Waals surface area contributed by atoms with Crippen molar-refractivity contribution >= 4 is 0 Å². The first-order valence-corrected chi connectivity index (χ1v) is 6.21. The van der Waals surface area contributed by atoms with Crippen LogP contribution in [0.15, 0.2) is 0 Å². The highest BCUT2D eigenvalue weighted by atomic mass is 15.2. The fourth-order valence-corrected chi connectivity index (χ4v) is 2.57. The van der Waals surface area contributed by atoms with Gasteiger partial charge in [0.05, 0.1) is 0 Å². The molecule has 2 rings (SSSR count). The molecule has 0 radical (unpaired) electrons. The molecule has 1 heterocycles. The summed E-state index contributed by atoms with van der Waals surface area (Å²) in [5.41, 5.74) is 0. The van der Waals surface area contributed by atoms with E-state index >= 15 is 0 Å². The van der Waals surface area contributed by atoms with Crippen molar-refractivity contribution in [2.75, 3.05) is 20.1 Å². The summed E-state index contributed by atoms with van der Waals surface area (Å²) in [6.07, 6.45) is 7.13. The Morgan fingerprint density at radius 1 is 1.29 bits per heavy atom. The molecule has 2 unspecified atom stereocenters. The Morgan fingerprint density at radius 3 is 2.64 bits per heavy atom. The zero-order valence-electron chi connectivity index (χ0n) is 9.63. The summed E-state index contributed by atoms with van der Waals surface area (Å²) < 4.78 is 0. The van der Waals surface area contributed by atoms with Gasteiger partial charge < -0.3 is 10.2 Å². The van der Waals surface area contributed by atoms with E-state index in [9.17, 15) is 0 Å². The van der Waals surface area contributed by atoms with E-state index < -0.39 is 0 Å². The van der Waals surface area contributed by atoms with Gasteiger partial charge in [-0.15, -0.1) is 0 Å². The summed E-state index contributed by atoms with van der Waals surface area (Å²) in [6.45, 7) is 5.04. The SMILES string of the molecule is CNC1CCN(CCC2CC2)C(C)C1. The van der Waals surface area contributed by atoms with Crippen molar-refractivity contribution in [3.63, 3.8) is 0 Å². The maximum Gasteiger partial charge on any atom is 0.00910 e. The highest BCUT2D eigenvalue weighted by Gasteiger charge is 2.27. The van der Waals surface area contributed by atoms with Crippen LogP contribution in [0, 0.1) is 5.92 Å². The van der Waals surface area contributed by atoms with Crippen LogP contribution in [0.25, 0.3) is 0 Å². The molecule has 82 valence electrons. The quantitative estimate of drug-likeness (QED) is 0.738. The van der Waals surface area contributed by atoms with Crippen molar-refractivity contribution in [1.29, 1.82) is 0 Å². The number of piperidine rings is 1. The molecule has 2 heteroatoms. The average molecular weight is 196 g/mol. The summed E-state index contributed by atoms with van der Waals surface area (Å²) in [5, 5.41) is 3.41. The van der Waals surface area contributed by atoms with E-state index in [1.54, 1.807) is 0 Å². The lowest BCUT2D eigenvalue weighted by atomic mass is 9.98. The highest BCUT2D eigenvalue weighted by Crippen LogP contribution is 2.33. The fourth-order valence-electron chi connectivity index (χ4n) is 2.57. The van der Waals surface area contributed by atoms with Gasteiger partial charge in [-0.1, -0.05) is 12.8 Å².